The number of hydrogen-bond acceptors (Lipinski definition) is 5. The highest BCUT2D eigenvalue weighted by atomic mass is 35.5. The zero-order valence-corrected chi connectivity index (χ0v) is 10.5. The summed E-state index contributed by atoms with van der Waals surface area (Å²) in [6, 6.07) is -0.199. The van der Waals surface area contributed by atoms with Crippen LogP contribution in [-0.2, 0) is 15.8 Å². The molecule has 1 aromatic heterocycles. The third-order valence-corrected chi connectivity index (χ3v) is 2.72. The lowest BCUT2D eigenvalue weighted by Gasteiger charge is -2.22. The summed E-state index contributed by atoms with van der Waals surface area (Å²) >= 11 is 5.42. The van der Waals surface area contributed by atoms with Gasteiger partial charge >= 0.3 is 6.18 Å². The smallest absolute Gasteiger partial charge is 0.358 e. The highest BCUT2D eigenvalue weighted by Gasteiger charge is 2.34. The number of anilines is 1. The van der Waals surface area contributed by atoms with Gasteiger partial charge in [-0.1, -0.05) is 0 Å². The molecule has 0 spiro atoms. The third kappa shape index (κ3) is 3.35. The number of amides is 2. The SMILES string of the molecule is O=C1CCC(Nc2cc(C(F)(F)F)nc(Cl)n2)C(=O)N1. The van der Waals surface area contributed by atoms with E-state index < -0.39 is 35.0 Å². The Morgan fingerprint density at radius 2 is 2.05 bits per heavy atom. The molecular weight excluding hydrogens is 301 g/mol. The fraction of sp³-hybridized carbons (Fsp3) is 0.400. The third-order valence-electron chi connectivity index (χ3n) is 2.55. The molecule has 2 rings (SSSR count). The average molecular weight is 309 g/mol. The summed E-state index contributed by atoms with van der Waals surface area (Å²) in [5, 5.41) is 3.99. The van der Waals surface area contributed by atoms with Crippen molar-refractivity contribution in [1.82, 2.24) is 15.3 Å². The average Bonchev–Trinajstić information content (AvgIpc) is 2.31. The second kappa shape index (κ2) is 5.23. The maximum atomic E-state index is 12.6. The number of carbonyl (C=O) groups is 2. The van der Waals surface area contributed by atoms with Gasteiger partial charge in [0.25, 0.3) is 0 Å². The number of halogens is 4. The van der Waals surface area contributed by atoms with E-state index in [-0.39, 0.29) is 18.7 Å². The summed E-state index contributed by atoms with van der Waals surface area (Å²) in [5.41, 5.74) is -1.22. The maximum absolute atomic E-state index is 12.6. The highest BCUT2D eigenvalue weighted by molar-refractivity contribution is 6.28. The molecule has 108 valence electrons. The summed E-state index contributed by atoms with van der Waals surface area (Å²) < 4.78 is 37.7. The van der Waals surface area contributed by atoms with Crippen LogP contribution in [0.1, 0.15) is 18.5 Å². The number of carbonyl (C=O) groups excluding carboxylic acids is 2. The fourth-order valence-corrected chi connectivity index (χ4v) is 1.83. The maximum Gasteiger partial charge on any atom is 0.433 e. The summed E-state index contributed by atoms with van der Waals surface area (Å²) in [4.78, 5) is 29.1. The van der Waals surface area contributed by atoms with Crippen molar-refractivity contribution in [3.63, 3.8) is 0 Å². The molecule has 0 radical (unpaired) electrons. The van der Waals surface area contributed by atoms with E-state index in [1.54, 1.807) is 0 Å². The lowest BCUT2D eigenvalue weighted by molar-refractivity contribution is -0.141. The van der Waals surface area contributed by atoms with E-state index in [2.05, 4.69) is 20.6 Å². The van der Waals surface area contributed by atoms with Crippen molar-refractivity contribution in [1.29, 1.82) is 0 Å². The molecule has 1 saturated heterocycles. The minimum Gasteiger partial charge on any atom is -0.358 e. The highest BCUT2D eigenvalue weighted by Crippen LogP contribution is 2.29. The van der Waals surface area contributed by atoms with E-state index in [4.69, 9.17) is 11.6 Å². The van der Waals surface area contributed by atoms with Gasteiger partial charge < -0.3 is 5.32 Å². The fourth-order valence-electron chi connectivity index (χ4n) is 1.65. The van der Waals surface area contributed by atoms with Crippen molar-refractivity contribution in [3.05, 3.63) is 17.0 Å². The summed E-state index contributed by atoms with van der Waals surface area (Å²) in [6.45, 7) is 0. The molecule has 1 unspecified atom stereocenters. The molecule has 1 fully saturated rings. The van der Waals surface area contributed by atoms with E-state index in [1.807, 2.05) is 0 Å². The van der Waals surface area contributed by atoms with Crippen LogP contribution in [0.15, 0.2) is 6.07 Å². The number of hydrogen-bond donors (Lipinski definition) is 2. The van der Waals surface area contributed by atoms with Gasteiger partial charge in [-0.05, 0) is 18.0 Å². The molecule has 1 aliphatic heterocycles. The lowest BCUT2D eigenvalue weighted by atomic mass is 10.1. The van der Waals surface area contributed by atoms with Gasteiger partial charge in [0, 0.05) is 12.5 Å². The Bertz CT molecular complexity index is 564. The number of rotatable bonds is 2. The molecule has 1 aliphatic rings. The van der Waals surface area contributed by atoms with E-state index in [9.17, 15) is 22.8 Å². The normalized spacial score (nSPS) is 19.7. The molecule has 0 bridgehead atoms. The molecule has 2 heterocycles. The Morgan fingerprint density at radius 1 is 1.35 bits per heavy atom. The molecular formula is C10H8ClF3N4O2. The largest absolute Gasteiger partial charge is 0.433 e. The number of nitrogens with one attached hydrogen (secondary N) is 2. The Morgan fingerprint density at radius 3 is 2.65 bits per heavy atom. The molecule has 2 N–H and O–H groups in total. The molecule has 0 aromatic carbocycles. The molecule has 0 aliphatic carbocycles. The standard InChI is InChI=1S/C10H8ClF3N4O2/c11-9-16-5(10(12,13)14)3-6(17-9)15-4-1-2-7(19)18-8(4)20/h3-4H,1-2H2,(H,15,16,17)(H,18,19,20). The van der Waals surface area contributed by atoms with E-state index in [1.165, 1.54) is 0 Å². The van der Waals surface area contributed by atoms with Gasteiger partial charge in [0.15, 0.2) is 5.69 Å². The van der Waals surface area contributed by atoms with Gasteiger partial charge in [-0.3, -0.25) is 14.9 Å². The lowest BCUT2D eigenvalue weighted by Crippen LogP contribution is -2.47. The van der Waals surface area contributed by atoms with Crippen LogP contribution in [0.5, 0.6) is 0 Å². The van der Waals surface area contributed by atoms with Crippen LogP contribution in [0.25, 0.3) is 0 Å². The molecule has 1 atom stereocenters. The number of piperidine rings is 1. The summed E-state index contributed by atoms with van der Waals surface area (Å²) in [7, 11) is 0. The first-order valence-corrected chi connectivity index (χ1v) is 5.85. The van der Waals surface area contributed by atoms with Crippen LogP contribution in [0.3, 0.4) is 0 Å². The quantitative estimate of drug-likeness (QED) is 0.637. The molecule has 20 heavy (non-hydrogen) atoms. The minimum atomic E-state index is -4.67. The van der Waals surface area contributed by atoms with Gasteiger partial charge in [-0.15, -0.1) is 0 Å². The van der Waals surface area contributed by atoms with Gasteiger partial charge in [0.05, 0.1) is 0 Å². The van der Waals surface area contributed by atoms with Crippen molar-refractivity contribution >= 4 is 29.2 Å². The van der Waals surface area contributed by atoms with Crippen LogP contribution in [-0.4, -0.2) is 27.8 Å². The van der Waals surface area contributed by atoms with Crippen molar-refractivity contribution in [2.75, 3.05) is 5.32 Å². The monoisotopic (exact) mass is 308 g/mol. The van der Waals surface area contributed by atoms with Crippen LogP contribution in [0.4, 0.5) is 19.0 Å². The van der Waals surface area contributed by atoms with Gasteiger partial charge in [0.1, 0.15) is 11.9 Å². The van der Waals surface area contributed by atoms with Crippen LogP contribution >= 0.6 is 11.6 Å². The molecule has 2 amide bonds. The first kappa shape index (κ1) is 14.5. The number of nitrogens with zero attached hydrogens (tertiary/aromatic N) is 2. The van der Waals surface area contributed by atoms with Crippen molar-refractivity contribution in [2.24, 2.45) is 0 Å². The van der Waals surface area contributed by atoms with Crippen LogP contribution in [0.2, 0.25) is 5.28 Å². The van der Waals surface area contributed by atoms with Gasteiger partial charge in [0.2, 0.25) is 17.1 Å². The Hall–Kier alpha value is -1.90. The first-order valence-electron chi connectivity index (χ1n) is 5.48. The number of aromatic nitrogens is 2. The van der Waals surface area contributed by atoms with E-state index in [0.717, 1.165) is 0 Å². The molecule has 10 heteroatoms. The minimum absolute atomic E-state index is 0.0916. The van der Waals surface area contributed by atoms with E-state index >= 15 is 0 Å². The van der Waals surface area contributed by atoms with Gasteiger partial charge in [-0.25, -0.2) is 9.97 Å². The second-order valence-electron chi connectivity index (χ2n) is 4.05. The molecule has 1 aromatic rings. The Kier molecular flexibility index (Phi) is 3.80. The predicted octanol–water partition coefficient (Wildman–Crippen LogP) is 1.37. The zero-order chi connectivity index (χ0) is 14.9. The number of imide groups is 1. The van der Waals surface area contributed by atoms with Crippen LogP contribution in [0, 0.1) is 0 Å². The number of alkyl halides is 3. The van der Waals surface area contributed by atoms with Crippen molar-refractivity contribution < 1.29 is 22.8 Å². The zero-order valence-electron chi connectivity index (χ0n) is 9.79. The second-order valence-corrected chi connectivity index (χ2v) is 4.39. The van der Waals surface area contributed by atoms with Crippen molar-refractivity contribution in [2.45, 2.75) is 25.1 Å². The Balaban J connectivity index is 2.19. The predicted molar refractivity (Wildman–Crippen MR) is 61.8 cm³/mol. The van der Waals surface area contributed by atoms with Crippen molar-refractivity contribution in [3.8, 4) is 0 Å². The first-order chi connectivity index (χ1) is 9.25. The molecule has 0 saturated carbocycles. The Labute approximate surface area is 115 Å². The van der Waals surface area contributed by atoms with Gasteiger partial charge in [-0.2, -0.15) is 13.2 Å². The summed E-state index contributed by atoms with van der Waals surface area (Å²) in [6.07, 6.45) is -4.42. The summed E-state index contributed by atoms with van der Waals surface area (Å²) in [5.74, 6) is -1.28. The topological polar surface area (TPSA) is 84.0 Å². The van der Waals surface area contributed by atoms with Crippen LogP contribution < -0.4 is 10.6 Å². The van der Waals surface area contributed by atoms with E-state index in [0.29, 0.717) is 6.07 Å². The molecule has 6 nitrogen and oxygen atoms in total.